The van der Waals surface area contributed by atoms with Crippen LogP contribution >= 0.6 is 15.9 Å². The number of benzene rings is 1. The van der Waals surface area contributed by atoms with E-state index < -0.39 is 0 Å². The number of fused-ring (bicyclic) bond motifs is 1. The summed E-state index contributed by atoms with van der Waals surface area (Å²) in [6.07, 6.45) is 4.61. The molecule has 1 aliphatic carbocycles. The lowest BCUT2D eigenvalue weighted by atomic mass is 9.82. The fourth-order valence-electron chi connectivity index (χ4n) is 3.01. The number of ether oxygens (including phenoxy) is 1. The first kappa shape index (κ1) is 11.5. The zero-order valence-electron chi connectivity index (χ0n) is 10.1. The molecule has 0 amide bonds. The van der Waals surface area contributed by atoms with Gasteiger partial charge in [-0.05, 0) is 43.4 Å². The standard InChI is InChI=1S/C14H18BrNO/c1-2-14(9-3-4-9)8-12(16)11-7-10(15)5-6-13(11)17-14/h5-7,9,12H,2-4,8,16H2,1H3/t12-,14?/m1/s1. The quantitative estimate of drug-likeness (QED) is 0.901. The SMILES string of the molecule is CCC1(C2CC2)C[C@@H](N)c2cc(Br)ccc2O1. The Hall–Kier alpha value is -0.540. The number of halogens is 1. The second-order valence-electron chi connectivity index (χ2n) is 5.29. The van der Waals surface area contributed by atoms with E-state index >= 15 is 0 Å². The molecule has 0 radical (unpaired) electrons. The van der Waals surface area contributed by atoms with Gasteiger partial charge in [0, 0.05) is 22.5 Å². The number of nitrogens with two attached hydrogens (primary N) is 1. The molecule has 1 aromatic rings. The maximum absolute atomic E-state index is 6.33. The smallest absolute Gasteiger partial charge is 0.125 e. The number of hydrogen-bond acceptors (Lipinski definition) is 2. The third-order valence-electron chi connectivity index (χ3n) is 4.17. The van der Waals surface area contributed by atoms with Crippen molar-refractivity contribution >= 4 is 15.9 Å². The van der Waals surface area contributed by atoms with E-state index in [4.69, 9.17) is 10.5 Å². The van der Waals surface area contributed by atoms with Gasteiger partial charge in [-0.15, -0.1) is 0 Å². The lowest BCUT2D eigenvalue weighted by Crippen LogP contribution is -2.44. The van der Waals surface area contributed by atoms with Crippen molar-refractivity contribution in [3.05, 3.63) is 28.2 Å². The Labute approximate surface area is 111 Å². The lowest BCUT2D eigenvalue weighted by molar-refractivity contribution is 0.0107. The molecule has 17 heavy (non-hydrogen) atoms. The molecule has 3 heteroatoms. The summed E-state index contributed by atoms with van der Waals surface area (Å²) in [7, 11) is 0. The van der Waals surface area contributed by atoms with Crippen molar-refractivity contribution in [2.45, 2.75) is 44.2 Å². The van der Waals surface area contributed by atoms with Crippen LogP contribution in [0.5, 0.6) is 5.75 Å². The molecular formula is C14H18BrNO. The maximum atomic E-state index is 6.33. The van der Waals surface area contributed by atoms with Gasteiger partial charge < -0.3 is 10.5 Å². The van der Waals surface area contributed by atoms with Crippen LogP contribution in [-0.4, -0.2) is 5.60 Å². The summed E-state index contributed by atoms with van der Waals surface area (Å²) in [6.45, 7) is 2.22. The topological polar surface area (TPSA) is 35.2 Å². The van der Waals surface area contributed by atoms with E-state index in [1.807, 2.05) is 12.1 Å². The van der Waals surface area contributed by atoms with Crippen LogP contribution in [0.25, 0.3) is 0 Å². The molecule has 2 N–H and O–H groups in total. The zero-order valence-corrected chi connectivity index (χ0v) is 11.7. The van der Waals surface area contributed by atoms with Gasteiger partial charge in [0.05, 0.1) is 0 Å². The van der Waals surface area contributed by atoms with E-state index in [0.717, 1.165) is 34.5 Å². The predicted molar refractivity (Wildman–Crippen MR) is 72.1 cm³/mol. The first-order valence-corrected chi connectivity index (χ1v) is 7.18. The summed E-state index contributed by atoms with van der Waals surface area (Å²) >= 11 is 3.49. The van der Waals surface area contributed by atoms with Crippen molar-refractivity contribution < 1.29 is 4.74 Å². The molecule has 2 nitrogen and oxygen atoms in total. The molecule has 0 bridgehead atoms. The molecule has 1 unspecified atom stereocenters. The fraction of sp³-hybridized carbons (Fsp3) is 0.571. The van der Waals surface area contributed by atoms with Crippen LogP contribution in [-0.2, 0) is 0 Å². The number of hydrogen-bond donors (Lipinski definition) is 1. The van der Waals surface area contributed by atoms with Gasteiger partial charge in [0.15, 0.2) is 0 Å². The molecule has 1 fully saturated rings. The van der Waals surface area contributed by atoms with Gasteiger partial charge >= 0.3 is 0 Å². The molecule has 1 heterocycles. The molecule has 2 atom stereocenters. The van der Waals surface area contributed by atoms with Crippen LogP contribution in [0.15, 0.2) is 22.7 Å². The Balaban J connectivity index is 1.99. The molecule has 3 rings (SSSR count). The van der Waals surface area contributed by atoms with Gasteiger partial charge in [0.25, 0.3) is 0 Å². The highest BCUT2D eigenvalue weighted by atomic mass is 79.9. The second-order valence-corrected chi connectivity index (χ2v) is 6.20. The molecule has 92 valence electrons. The first-order valence-electron chi connectivity index (χ1n) is 6.38. The Kier molecular flexibility index (Phi) is 2.71. The molecule has 2 aliphatic rings. The highest BCUT2D eigenvalue weighted by Crippen LogP contribution is 2.51. The third kappa shape index (κ3) is 1.89. The van der Waals surface area contributed by atoms with Gasteiger partial charge in [-0.1, -0.05) is 22.9 Å². The Bertz CT molecular complexity index is 444. The molecular weight excluding hydrogens is 278 g/mol. The summed E-state index contributed by atoms with van der Waals surface area (Å²) in [5.74, 6) is 1.70. The van der Waals surface area contributed by atoms with Crippen LogP contribution in [0.3, 0.4) is 0 Å². The largest absolute Gasteiger partial charge is 0.487 e. The van der Waals surface area contributed by atoms with Crippen molar-refractivity contribution in [1.29, 1.82) is 0 Å². The molecule has 1 saturated carbocycles. The maximum Gasteiger partial charge on any atom is 0.125 e. The minimum atomic E-state index is 0.000244. The van der Waals surface area contributed by atoms with Crippen molar-refractivity contribution in [2.24, 2.45) is 11.7 Å². The Morgan fingerprint density at radius 1 is 1.47 bits per heavy atom. The summed E-state index contributed by atoms with van der Waals surface area (Å²) in [5, 5.41) is 0. The average Bonchev–Trinajstić information content (AvgIpc) is 3.14. The second kappa shape index (κ2) is 3.99. The monoisotopic (exact) mass is 295 g/mol. The molecule has 0 spiro atoms. The van der Waals surface area contributed by atoms with E-state index in [2.05, 4.69) is 28.9 Å². The van der Waals surface area contributed by atoms with Crippen LogP contribution in [0.2, 0.25) is 0 Å². The third-order valence-corrected chi connectivity index (χ3v) is 4.66. The normalized spacial score (nSPS) is 31.8. The summed E-state index contributed by atoms with van der Waals surface area (Å²) in [4.78, 5) is 0. The van der Waals surface area contributed by atoms with Gasteiger partial charge in [-0.3, -0.25) is 0 Å². The highest BCUT2D eigenvalue weighted by Gasteiger charge is 2.49. The van der Waals surface area contributed by atoms with Gasteiger partial charge in [0.1, 0.15) is 11.4 Å². The van der Waals surface area contributed by atoms with Crippen molar-refractivity contribution in [1.82, 2.24) is 0 Å². The minimum Gasteiger partial charge on any atom is -0.487 e. The van der Waals surface area contributed by atoms with E-state index in [0.29, 0.717) is 0 Å². The summed E-state index contributed by atoms with van der Waals surface area (Å²) in [6, 6.07) is 6.28. The highest BCUT2D eigenvalue weighted by molar-refractivity contribution is 9.10. The van der Waals surface area contributed by atoms with Crippen LogP contribution in [0.1, 0.15) is 44.2 Å². The minimum absolute atomic E-state index is 0.000244. The summed E-state index contributed by atoms with van der Waals surface area (Å²) in [5.41, 5.74) is 7.47. The van der Waals surface area contributed by atoms with Crippen LogP contribution in [0, 0.1) is 5.92 Å². The van der Waals surface area contributed by atoms with Gasteiger partial charge in [-0.2, -0.15) is 0 Å². The van der Waals surface area contributed by atoms with Gasteiger partial charge in [0.2, 0.25) is 0 Å². The van der Waals surface area contributed by atoms with E-state index in [1.165, 1.54) is 12.8 Å². The predicted octanol–water partition coefficient (Wildman–Crippen LogP) is 3.79. The summed E-state index contributed by atoms with van der Waals surface area (Å²) < 4.78 is 7.39. The van der Waals surface area contributed by atoms with E-state index in [-0.39, 0.29) is 11.6 Å². The average molecular weight is 296 g/mol. The first-order chi connectivity index (χ1) is 8.14. The van der Waals surface area contributed by atoms with Crippen LogP contribution in [0.4, 0.5) is 0 Å². The van der Waals surface area contributed by atoms with Gasteiger partial charge in [-0.25, -0.2) is 0 Å². The molecule has 0 saturated heterocycles. The molecule has 1 aliphatic heterocycles. The fourth-order valence-corrected chi connectivity index (χ4v) is 3.39. The Morgan fingerprint density at radius 2 is 2.24 bits per heavy atom. The molecule has 0 aromatic heterocycles. The number of rotatable bonds is 2. The van der Waals surface area contributed by atoms with Crippen molar-refractivity contribution in [3.63, 3.8) is 0 Å². The van der Waals surface area contributed by atoms with Crippen molar-refractivity contribution in [2.75, 3.05) is 0 Å². The lowest BCUT2D eigenvalue weighted by Gasteiger charge is -2.41. The Morgan fingerprint density at radius 3 is 2.88 bits per heavy atom. The van der Waals surface area contributed by atoms with Crippen LogP contribution < -0.4 is 10.5 Å². The molecule has 1 aromatic carbocycles. The zero-order chi connectivity index (χ0) is 12.0. The van der Waals surface area contributed by atoms with Crippen molar-refractivity contribution in [3.8, 4) is 5.75 Å². The van der Waals surface area contributed by atoms with E-state index in [9.17, 15) is 0 Å². The van der Waals surface area contributed by atoms with E-state index in [1.54, 1.807) is 0 Å².